The number of ether oxygens (including phenoxy) is 1. The molecule has 6 heteroatoms. The Kier molecular flexibility index (Phi) is 3.58. The van der Waals surface area contributed by atoms with Gasteiger partial charge in [0, 0.05) is 36.2 Å². The summed E-state index contributed by atoms with van der Waals surface area (Å²) in [7, 11) is 0. The smallest absolute Gasteiger partial charge is 0.250 e. The molecule has 0 saturated carbocycles. The van der Waals surface area contributed by atoms with Crippen molar-refractivity contribution in [3.05, 3.63) is 48.3 Å². The molecular weight excluding hydrogens is 303 g/mol. The van der Waals surface area contributed by atoms with Crippen LogP contribution in [0.25, 0.3) is 0 Å². The van der Waals surface area contributed by atoms with Crippen molar-refractivity contribution in [1.29, 1.82) is 0 Å². The quantitative estimate of drug-likeness (QED) is 0.866. The summed E-state index contributed by atoms with van der Waals surface area (Å²) in [6, 6.07) is 6.88. The number of nitrogens with zero attached hydrogens (tertiary/aromatic N) is 2. The van der Waals surface area contributed by atoms with E-state index in [2.05, 4.69) is 9.88 Å². The minimum absolute atomic E-state index is 0.0418. The molecule has 1 unspecified atom stereocenters. The van der Waals surface area contributed by atoms with Gasteiger partial charge in [-0.3, -0.25) is 4.90 Å². The molecule has 2 aliphatic rings. The van der Waals surface area contributed by atoms with Crippen molar-refractivity contribution < 1.29 is 13.5 Å². The highest BCUT2D eigenvalue weighted by Gasteiger charge is 2.49. The number of rotatable bonds is 4. The highest BCUT2D eigenvalue weighted by atomic mass is 32.2. The van der Waals surface area contributed by atoms with Crippen LogP contribution < -0.4 is 4.74 Å². The van der Waals surface area contributed by atoms with Crippen LogP contribution in [0.1, 0.15) is 12.2 Å². The van der Waals surface area contributed by atoms with Crippen molar-refractivity contribution in [2.45, 2.75) is 23.8 Å². The second kappa shape index (κ2) is 5.59. The average Bonchev–Trinajstić information content (AvgIpc) is 3.11. The van der Waals surface area contributed by atoms with Gasteiger partial charge in [0.2, 0.25) is 0 Å². The third-order valence-electron chi connectivity index (χ3n) is 4.16. The molecule has 2 aromatic heterocycles. The SMILES string of the molecule is Fc1cccnc1OC1CSC2(C1)CN(Cc1ccco1)C2. The van der Waals surface area contributed by atoms with Gasteiger partial charge in [-0.15, -0.1) is 11.8 Å². The maximum absolute atomic E-state index is 13.6. The lowest BCUT2D eigenvalue weighted by Gasteiger charge is -2.47. The summed E-state index contributed by atoms with van der Waals surface area (Å²) in [6.07, 6.45) is 4.26. The third kappa shape index (κ3) is 2.73. The van der Waals surface area contributed by atoms with Crippen LogP contribution in [0.3, 0.4) is 0 Å². The van der Waals surface area contributed by atoms with Crippen LogP contribution in [-0.4, -0.2) is 39.6 Å². The Balaban J connectivity index is 1.31. The van der Waals surface area contributed by atoms with Crippen molar-refractivity contribution in [2.75, 3.05) is 18.8 Å². The molecular formula is C16H17FN2O2S. The zero-order chi connectivity index (χ0) is 15.0. The zero-order valence-corrected chi connectivity index (χ0v) is 12.9. The van der Waals surface area contributed by atoms with Crippen molar-refractivity contribution in [2.24, 2.45) is 0 Å². The number of hydrogen-bond acceptors (Lipinski definition) is 5. The van der Waals surface area contributed by atoms with E-state index in [1.807, 2.05) is 23.9 Å². The number of halogens is 1. The first-order chi connectivity index (χ1) is 10.7. The minimum Gasteiger partial charge on any atom is -0.471 e. The van der Waals surface area contributed by atoms with Gasteiger partial charge in [-0.2, -0.15) is 0 Å². The fourth-order valence-corrected chi connectivity index (χ4v) is 4.79. The van der Waals surface area contributed by atoms with Gasteiger partial charge < -0.3 is 9.15 Å². The first-order valence-electron chi connectivity index (χ1n) is 7.38. The Morgan fingerprint density at radius 2 is 2.32 bits per heavy atom. The van der Waals surface area contributed by atoms with Crippen LogP contribution in [0.5, 0.6) is 5.88 Å². The second-order valence-electron chi connectivity index (χ2n) is 5.95. The summed E-state index contributed by atoms with van der Waals surface area (Å²) in [6.45, 7) is 2.92. The van der Waals surface area contributed by atoms with Gasteiger partial charge in [-0.1, -0.05) is 0 Å². The molecule has 0 aromatic carbocycles. The molecule has 0 radical (unpaired) electrons. The normalized spacial score (nSPS) is 23.6. The van der Waals surface area contributed by atoms with Crippen molar-refractivity contribution in [3.8, 4) is 5.88 Å². The van der Waals surface area contributed by atoms with Gasteiger partial charge in [-0.25, -0.2) is 9.37 Å². The summed E-state index contributed by atoms with van der Waals surface area (Å²) >= 11 is 1.93. The first kappa shape index (κ1) is 14.1. The second-order valence-corrected chi connectivity index (χ2v) is 7.44. The maximum Gasteiger partial charge on any atom is 0.250 e. The highest BCUT2D eigenvalue weighted by Crippen LogP contribution is 2.46. The first-order valence-corrected chi connectivity index (χ1v) is 8.37. The van der Waals surface area contributed by atoms with E-state index in [-0.39, 0.29) is 22.5 Å². The maximum atomic E-state index is 13.6. The molecule has 1 atom stereocenters. The molecule has 0 bridgehead atoms. The average molecular weight is 320 g/mol. The molecule has 2 saturated heterocycles. The lowest BCUT2D eigenvalue weighted by molar-refractivity contribution is 0.0835. The van der Waals surface area contributed by atoms with E-state index in [9.17, 15) is 4.39 Å². The highest BCUT2D eigenvalue weighted by molar-refractivity contribution is 8.01. The van der Waals surface area contributed by atoms with Gasteiger partial charge in [0.05, 0.1) is 12.8 Å². The number of thioether (sulfide) groups is 1. The molecule has 116 valence electrons. The van der Waals surface area contributed by atoms with Crippen molar-refractivity contribution in [3.63, 3.8) is 0 Å². The predicted octanol–water partition coefficient (Wildman–Crippen LogP) is 2.95. The summed E-state index contributed by atoms with van der Waals surface area (Å²) in [4.78, 5) is 6.34. The van der Waals surface area contributed by atoms with Crippen molar-refractivity contribution in [1.82, 2.24) is 9.88 Å². The van der Waals surface area contributed by atoms with E-state index >= 15 is 0 Å². The largest absolute Gasteiger partial charge is 0.471 e. The van der Waals surface area contributed by atoms with E-state index in [0.29, 0.717) is 0 Å². The van der Waals surface area contributed by atoms with Crippen LogP contribution in [0, 0.1) is 5.82 Å². The van der Waals surface area contributed by atoms with Gasteiger partial charge in [0.15, 0.2) is 5.82 Å². The van der Waals surface area contributed by atoms with Crippen LogP contribution in [0.2, 0.25) is 0 Å². The van der Waals surface area contributed by atoms with Crippen LogP contribution >= 0.6 is 11.8 Å². The molecule has 4 nitrogen and oxygen atoms in total. The van der Waals surface area contributed by atoms with Crippen LogP contribution in [0.15, 0.2) is 41.1 Å². The number of likely N-dealkylation sites (tertiary alicyclic amines) is 1. The van der Waals surface area contributed by atoms with Gasteiger partial charge in [-0.05, 0) is 24.3 Å². The monoisotopic (exact) mass is 320 g/mol. The summed E-state index contributed by atoms with van der Waals surface area (Å²) in [5, 5.41) is 0. The van der Waals surface area contributed by atoms with Gasteiger partial charge in [0.1, 0.15) is 11.9 Å². The van der Waals surface area contributed by atoms with E-state index in [1.54, 1.807) is 18.5 Å². The Bertz CT molecular complexity index is 643. The van der Waals surface area contributed by atoms with Gasteiger partial charge >= 0.3 is 0 Å². The number of furan rings is 1. The summed E-state index contributed by atoms with van der Waals surface area (Å²) in [5.41, 5.74) is 0. The third-order valence-corrected chi connectivity index (χ3v) is 5.74. The lowest BCUT2D eigenvalue weighted by atomic mass is 9.93. The van der Waals surface area contributed by atoms with E-state index < -0.39 is 0 Å². The fraction of sp³-hybridized carbons (Fsp3) is 0.438. The molecule has 2 aromatic rings. The topological polar surface area (TPSA) is 38.5 Å². The van der Waals surface area contributed by atoms with Gasteiger partial charge in [0.25, 0.3) is 5.88 Å². The Labute approximate surface area is 132 Å². The van der Waals surface area contributed by atoms with E-state index in [0.717, 1.165) is 37.6 Å². The molecule has 4 rings (SSSR count). The lowest BCUT2D eigenvalue weighted by Crippen LogP contribution is -2.58. The fourth-order valence-electron chi connectivity index (χ4n) is 3.22. The summed E-state index contributed by atoms with van der Waals surface area (Å²) in [5.74, 6) is 1.63. The molecule has 1 spiro atoms. The Hall–Kier alpha value is -1.53. The molecule has 22 heavy (non-hydrogen) atoms. The Morgan fingerprint density at radius 3 is 3.09 bits per heavy atom. The zero-order valence-electron chi connectivity index (χ0n) is 12.1. The van der Waals surface area contributed by atoms with Crippen LogP contribution in [-0.2, 0) is 6.54 Å². The molecule has 2 aliphatic heterocycles. The molecule has 0 aliphatic carbocycles. The number of hydrogen-bond donors (Lipinski definition) is 0. The van der Waals surface area contributed by atoms with Crippen LogP contribution in [0.4, 0.5) is 4.39 Å². The number of pyridine rings is 1. The van der Waals surface area contributed by atoms with E-state index in [1.165, 1.54) is 6.07 Å². The molecule has 0 N–H and O–H groups in total. The minimum atomic E-state index is -0.387. The van der Waals surface area contributed by atoms with Crippen molar-refractivity contribution >= 4 is 11.8 Å². The molecule has 4 heterocycles. The number of aromatic nitrogens is 1. The summed E-state index contributed by atoms with van der Waals surface area (Å²) < 4.78 is 25.0. The Morgan fingerprint density at radius 1 is 1.41 bits per heavy atom. The standard InChI is InChI=1S/C16H17FN2O2S/c17-14-4-1-5-18-15(14)21-13-7-16(22-9-13)10-19(11-16)8-12-3-2-6-20-12/h1-6,13H,7-11H2. The molecule has 2 fully saturated rings. The van der Waals surface area contributed by atoms with E-state index in [4.69, 9.17) is 9.15 Å². The predicted molar refractivity (Wildman–Crippen MR) is 82.4 cm³/mol. The molecule has 0 amide bonds.